The number of carbonyl (C=O) groups is 1. The van der Waals surface area contributed by atoms with E-state index in [1.165, 1.54) is 0 Å². The Morgan fingerprint density at radius 2 is 1.80 bits per heavy atom. The SMILES string of the molecule is CC(C)(C)[Si](C)(C)OCC[C@H]1CC[C@H](OC(=O)c2ccccc2)C1.S. The maximum Gasteiger partial charge on any atom is 0.338 e. The van der Waals surface area contributed by atoms with E-state index in [9.17, 15) is 4.79 Å². The van der Waals surface area contributed by atoms with Crippen molar-refractivity contribution in [2.45, 2.75) is 70.7 Å². The Labute approximate surface area is 161 Å². The van der Waals surface area contributed by atoms with Gasteiger partial charge in [0.25, 0.3) is 0 Å². The van der Waals surface area contributed by atoms with Gasteiger partial charge in [-0.2, -0.15) is 13.5 Å². The molecule has 0 aliphatic heterocycles. The van der Waals surface area contributed by atoms with Crippen molar-refractivity contribution in [3.63, 3.8) is 0 Å². The van der Waals surface area contributed by atoms with Gasteiger partial charge in [0.15, 0.2) is 8.32 Å². The lowest BCUT2D eigenvalue weighted by atomic mass is 10.1. The molecule has 0 saturated heterocycles. The largest absolute Gasteiger partial charge is 0.459 e. The highest BCUT2D eigenvalue weighted by Crippen LogP contribution is 2.37. The van der Waals surface area contributed by atoms with E-state index in [-0.39, 0.29) is 30.6 Å². The van der Waals surface area contributed by atoms with Crippen LogP contribution in [0.15, 0.2) is 30.3 Å². The lowest BCUT2D eigenvalue weighted by molar-refractivity contribution is 0.0307. The van der Waals surface area contributed by atoms with Crippen LogP contribution in [0.1, 0.15) is 56.8 Å². The Morgan fingerprint density at radius 3 is 2.40 bits per heavy atom. The van der Waals surface area contributed by atoms with Gasteiger partial charge in [0.2, 0.25) is 0 Å². The number of benzene rings is 1. The van der Waals surface area contributed by atoms with Gasteiger partial charge in [-0.3, -0.25) is 0 Å². The topological polar surface area (TPSA) is 35.5 Å². The third kappa shape index (κ3) is 6.46. The van der Waals surface area contributed by atoms with Crippen LogP contribution in [0.2, 0.25) is 18.1 Å². The molecule has 25 heavy (non-hydrogen) atoms. The van der Waals surface area contributed by atoms with Crippen LogP contribution in [0.5, 0.6) is 0 Å². The highest BCUT2D eigenvalue weighted by atomic mass is 32.1. The van der Waals surface area contributed by atoms with E-state index in [4.69, 9.17) is 9.16 Å². The van der Waals surface area contributed by atoms with Crippen LogP contribution in [0.4, 0.5) is 0 Å². The van der Waals surface area contributed by atoms with Crippen LogP contribution < -0.4 is 0 Å². The molecule has 1 aromatic carbocycles. The summed E-state index contributed by atoms with van der Waals surface area (Å²) in [5, 5.41) is 0.260. The van der Waals surface area contributed by atoms with E-state index in [1.54, 1.807) is 0 Å². The molecule has 0 aromatic heterocycles. The maximum atomic E-state index is 12.1. The minimum atomic E-state index is -1.65. The average Bonchev–Trinajstić information content (AvgIpc) is 2.94. The molecule has 0 N–H and O–H groups in total. The predicted molar refractivity (Wildman–Crippen MR) is 111 cm³/mol. The summed E-state index contributed by atoms with van der Waals surface area (Å²) in [6.45, 7) is 12.2. The van der Waals surface area contributed by atoms with E-state index in [2.05, 4.69) is 33.9 Å². The summed E-state index contributed by atoms with van der Waals surface area (Å²) in [7, 11) is -1.65. The van der Waals surface area contributed by atoms with Gasteiger partial charge in [-0.25, -0.2) is 4.79 Å². The number of carbonyl (C=O) groups excluding carboxylic acids is 1. The number of hydrogen-bond acceptors (Lipinski definition) is 3. The van der Waals surface area contributed by atoms with Crippen molar-refractivity contribution >= 4 is 27.8 Å². The molecule has 2 rings (SSSR count). The van der Waals surface area contributed by atoms with Gasteiger partial charge in [-0.15, -0.1) is 0 Å². The molecule has 1 aromatic rings. The predicted octanol–water partition coefficient (Wildman–Crippen LogP) is 5.54. The van der Waals surface area contributed by atoms with E-state index in [1.807, 2.05) is 30.3 Å². The molecule has 2 atom stereocenters. The van der Waals surface area contributed by atoms with Gasteiger partial charge in [0, 0.05) is 6.61 Å². The second-order valence-electron chi connectivity index (χ2n) is 8.47. The lowest BCUT2D eigenvalue weighted by Gasteiger charge is -2.36. The fraction of sp³-hybridized carbons (Fsp3) is 0.650. The van der Waals surface area contributed by atoms with Crippen molar-refractivity contribution < 1.29 is 14.0 Å². The molecule has 0 heterocycles. The van der Waals surface area contributed by atoms with Gasteiger partial charge in [0.05, 0.1) is 5.56 Å². The highest BCUT2D eigenvalue weighted by Gasteiger charge is 2.37. The normalized spacial score (nSPS) is 20.8. The number of hydrogen-bond donors (Lipinski definition) is 0. The van der Waals surface area contributed by atoms with Crippen molar-refractivity contribution in [1.29, 1.82) is 0 Å². The molecule has 0 amide bonds. The average molecular weight is 383 g/mol. The minimum Gasteiger partial charge on any atom is -0.459 e. The molecule has 5 heteroatoms. The van der Waals surface area contributed by atoms with Gasteiger partial charge in [-0.1, -0.05) is 39.0 Å². The van der Waals surface area contributed by atoms with Crippen LogP contribution in [0.25, 0.3) is 0 Å². The first-order chi connectivity index (χ1) is 11.2. The number of rotatable bonds is 6. The Balaban J connectivity index is 0.00000312. The summed E-state index contributed by atoms with van der Waals surface area (Å²) >= 11 is 0. The zero-order valence-corrected chi connectivity index (χ0v) is 18.3. The Kier molecular flexibility index (Phi) is 8.23. The molecule has 0 unspecified atom stereocenters. The van der Waals surface area contributed by atoms with E-state index in [0.717, 1.165) is 32.3 Å². The smallest absolute Gasteiger partial charge is 0.338 e. The molecule has 3 nitrogen and oxygen atoms in total. The van der Waals surface area contributed by atoms with Crippen LogP contribution in [-0.2, 0) is 9.16 Å². The fourth-order valence-electron chi connectivity index (χ4n) is 2.89. The minimum absolute atomic E-state index is 0. The first-order valence-electron chi connectivity index (χ1n) is 9.09. The zero-order valence-electron chi connectivity index (χ0n) is 16.3. The van der Waals surface area contributed by atoms with Crippen molar-refractivity contribution in [2.24, 2.45) is 5.92 Å². The molecular formula is C20H34O3SSi. The Bertz CT molecular complexity index is 540. The molecule has 1 fully saturated rings. The third-order valence-electron chi connectivity index (χ3n) is 5.57. The third-order valence-corrected chi connectivity index (χ3v) is 10.1. The molecule has 1 aliphatic carbocycles. The van der Waals surface area contributed by atoms with E-state index in [0.29, 0.717) is 11.5 Å². The number of ether oxygens (including phenoxy) is 1. The monoisotopic (exact) mass is 382 g/mol. The molecule has 1 aliphatic rings. The van der Waals surface area contributed by atoms with Gasteiger partial charge < -0.3 is 9.16 Å². The first-order valence-corrected chi connectivity index (χ1v) is 12.0. The van der Waals surface area contributed by atoms with Crippen LogP contribution >= 0.6 is 13.5 Å². The van der Waals surface area contributed by atoms with Crippen LogP contribution in [-0.4, -0.2) is 27.0 Å². The summed E-state index contributed by atoms with van der Waals surface area (Å²) in [5.74, 6) is 0.419. The zero-order chi connectivity index (χ0) is 17.8. The molecule has 142 valence electrons. The molecule has 0 bridgehead atoms. The van der Waals surface area contributed by atoms with E-state index < -0.39 is 8.32 Å². The fourth-order valence-corrected chi connectivity index (χ4v) is 3.95. The Hall–Kier alpha value is -0.783. The number of esters is 1. The standard InChI is InChI=1S/C20H32O3Si.H2S/c1-20(2,3)24(4,5)22-14-13-16-11-12-18(15-16)23-19(21)17-9-7-6-8-10-17;/h6-10,16,18H,11-15H2,1-5H3;1H2/t16-,18+;/m1./s1. The highest BCUT2D eigenvalue weighted by molar-refractivity contribution is 7.59. The van der Waals surface area contributed by atoms with Gasteiger partial charge in [0.1, 0.15) is 6.10 Å². The second kappa shape index (κ2) is 9.24. The summed E-state index contributed by atoms with van der Waals surface area (Å²) < 4.78 is 11.9. The maximum absolute atomic E-state index is 12.1. The summed E-state index contributed by atoms with van der Waals surface area (Å²) in [5.41, 5.74) is 0.641. The van der Waals surface area contributed by atoms with E-state index >= 15 is 0 Å². The van der Waals surface area contributed by atoms with Crippen molar-refractivity contribution in [2.75, 3.05) is 6.61 Å². The molecular weight excluding hydrogens is 348 g/mol. The van der Waals surface area contributed by atoms with Gasteiger partial charge >= 0.3 is 5.97 Å². The summed E-state index contributed by atoms with van der Waals surface area (Å²) in [6, 6.07) is 9.26. The first kappa shape index (κ1) is 22.3. The van der Waals surface area contributed by atoms with Crippen LogP contribution in [0, 0.1) is 5.92 Å². The lowest BCUT2D eigenvalue weighted by Crippen LogP contribution is -2.41. The second-order valence-corrected chi connectivity index (χ2v) is 13.3. The summed E-state index contributed by atoms with van der Waals surface area (Å²) in [4.78, 5) is 12.1. The van der Waals surface area contributed by atoms with Gasteiger partial charge in [-0.05, 0) is 61.9 Å². The van der Waals surface area contributed by atoms with Crippen molar-refractivity contribution in [3.05, 3.63) is 35.9 Å². The summed E-state index contributed by atoms with van der Waals surface area (Å²) in [6.07, 6.45) is 4.22. The quantitative estimate of drug-likeness (QED) is 0.479. The van der Waals surface area contributed by atoms with Crippen LogP contribution in [0.3, 0.4) is 0 Å². The van der Waals surface area contributed by atoms with Crippen molar-refractivity contribution in [3.8, 4) is 0 Å². The van der Waals surface area contributed by atoms with Crippen molar-refractivity contribution in [1.82, 2.24) is 0 Å². The molecule has 1 saturated carbocycles. The molecule has 0 radical (unpaired) electrons. The molecule has 0 spiro atoms. The Morgan fingerprint density at radius 1 is 1.16 bits per heavy atom.